The van der Waals surface area contributed by atoms with Crippen molar-refractivity contribution in [1.82, 2.24) is 5.32 Å². The number of aliphatic carboxylic acids is 1. The van der Waals surface area contributed by atoms with Crippen LogP contribution in [0.2, 0.25) is 0 Å². The molecule has 1 amide bonds. The lowest BCUT2D eigenvalue weighted by atomic mass is 9.80. The van der Waals surface area contributed by atoms with Crippen molar-refractivity contribution in [1.29, 1.82) is 0 Å². The van der Waals surface area contributed by atoms with Crippen LogP contribution in [-0.2, 0) is 17.6 Å². The molecular formula is C16H21NO3S. The fourth-order valence-corrected chi connectivity index (χ4v) is 4.31. The van der Waals surface area contributed by atoms with Crippen molar-refractivity contribution in [2.75, 3.05) is 0 Å². The second kappa shape index (κ2) is 6.18. The molecule has 0 spiro atoms. The van der Waals surface area contributed by atoms with Gasteiger partial charge < -0.3 is 10.4 Å². The second-order valence-corrected chi connectivity index (χ2v) is 7.29. The van der Waals surface area contributed by atoms with Crippen LogP contribution in [0.3, 0.4) is 0 Å². The van der Waals surface area contributed by atoms with Crippen LogP contribution < -0.4 is 5.32 Å². The summed E-state index contributed by atoms with van der Waals surface area (Å²) in [5.41, 5.74) is 1.35. The number of hydrogen-bond acceptors (Lipinski definition) is 3. The molecule has 4 nitrogen and oxygen atoms in total. The van der Waals surface area contributed by atoms with Gasteiger partial charge in [-0.2, -0.15) is 0 Å². The van der Waals surface area contributed by atoms with E-state index >= 15 is 0 Å². The van der Waals surface area contributed by atoms with Gasteiger partial charge in [0.15, 0.2) is 0 Å². The zero-order chi connectivity index (χ0) is 14.8. The maximum Gasteiger partial charge on any atom is 0.306 e. The summed E-state index contributed by atoms with van der Waals surface area (Å²) in [7, 11) is 0. The highest BCUT2D eigenvalue weighted by Gasteiger charge is 2.35. The number of carboxylic acid groups (broad SMARTS) is 1. The van der Waals surface area contributed by atoms with Crippen molar-refractivity contribution < 1.29 is 14.7 Å². The summed E-state index contributed by atoms with van der Waals surface area (Å²) in [5.74, 6) is -1.06. The Morgan fingerprint density at radius 2 is 1.86 bits per heavy atom. The van der Waals surface area contributed by atoms with Gasteiger partial charge in [-0.3, -0.25) is 9.59 Å². The molecule has 1 heterocycles. The summed E-state index contributed by atoms with van der Waals surface area (Å²) in [5, 5.41) is 11.8. The van der Waals surface area contributed by atoms with Crippen LogP contribution in [0.5, 0.6) is 0 Å². The Balaban J connectivity index is 1.60. The van der Waals surface area contributed by atoms with Gasteiger partial charge in [-0.1, -0.05) is 12.8 Å². The SMILES string of the molecule is O=C(NC1CC(C(=O)O)C1)c1cc2c(s1)CCCCCC2. The van der Waals surface area contributed by atoms with Gasteiger partial charge in [-0.15, -0.1) is 11.3 Å². The molecule has 0 unspecified atom stereocenters. The molecule has 21 heavy (non-hydrogen) atoms. The van der Waals surface area contributed by atoms with Crippen LogP contribution in [0.25, 0.3) is 0 Å². The molecule has 1 aromatic rings. The highest BCUT2D eigenvalue weighted by atomic mass is 32.1. The largest absolute Gasteiger partial charge is 0.481 e. The van der Waals surface area contributed by atoms with Crippen molar-refractivity contribution in [3.8, 4) is 0 Å². The summed E-state index contributed by atoms with van der Waals surface area (Å²) in [6.07, 6.45) is 8.32. The monoisotopic (exact) mass is 307 g/mol. The third-order valence-corrected chi connectivity index (χ3v) is 5.78. The van der Waals surface area contributed by atoms with Gasteiger partial charge in [0.1, 0.15) is 0 Å². The molecular weight excluding hydrogens is 286 g/mol. The Bertz CT molecular complexity index is 520. The molecule has 1 saturated carbocycles. The van der Waals surface area contributed by atoms with Crippen LogP contribution in [0.15, 0.2) is 6.07 Å². The summed E-state index contributed by atoms with van der Waals surface area (Å²) >= 11 is 1.62. The van der Waals surface area contributed by atoms with E-state index in [4.69, 9.17) is 5.11 Å². The van der Waals surface area contributed by atoms with E-state index in [1.807, 2.05) is 6.07 Å². The second-order valence-electron chi connectivity index (χ2n) is 6.15. The molecule has 0 bridgehead atoms. The predicted molar refractivity (Wildman–Crippen MR) is 81.8 cm³/mol. The van der Waals surface area contributed by atoms with E-state index in [-0.39, 0.29) is 17.9 Å². The Hall–Kier alpha value is -1.36. The van der Waals surface area contributed by atoms with Gasteiger partial charge in [-0.05, 0) is 50.2 Å². The maximum absolute atomic E-state index is 12.3. The number of hydrogen-bond donors (Lipinski definition) is 2. The number of fused-ring (bicyclic) bond motifs is 1. The Morgan fingerprint density at radius 3 is 2.57 bits per heavy atom. The molecule has 114 valence electrons. The molecule has 1 fully saturated rings. The average Bonchev–Trinajstić information content (AvgIpc) is 2.75. The molecule has 0 aliphatic heterocycles. The number of carbonyl (C=O) groups excluding carboxylic acids is 1. The fourth-order valence-electron chi connectivity index (χ4n) is 3.15. The zero-order valence-electron chi connectivity index (χ0n) is 12.1. The third kappa shape index (κ3) is 3.28. The molecule has 1 aromatic heterocycles. The summed E-state index contributed by atoms with van der Waals surface area (Å²) in [6, 6.07) is 2.08. The lowest BCUT2D eigenvalue weighted by Gasteiger charge is -2.32. The first-order chi connectivity index (χ1) is 10.1. The van der Waals surface area contributed by atoms with Crippen molar-refractivity contribution in [2.24, 2.45) is 5.92 Å². The standard InChI is InChI=1S/C16H21NO3S/c18-15(17-12-7-11(8-12)16(19)20)14-9-10-5-3-1-2-4-6-13(10)21-14/h9,11-12H,1-8H2,(H,17,18)(H,19,20). The number of carboxylic acids is 1. The number of carbonyl (C=O) groups is 2. The van der Waals surface area contributed by atoms with Crippen molar-refractivity contribution >= 4 is 23.2 Å². The molecule has 0 radical (unpaired) electrons. The van der Waals surface area contributed by atoms with Crippen LogP contribution >= 0.6 is 11.3 Å². The first kappa shape index (κ1) is 14.6. The lowest BCUT2D eigenvalue weighted by molar-refractivity contribution is -0.145. The lowest BCUT2D eigenvalue weighted by Crippen LogP contribution is -2.46. The number of nitrogens with one attached hydrogen (secondary N) is 1. The van der Waals surface area contributed by atoms with E-state index in [2.05, 4.69) is 5.32 Å². The molecule has 0 atom stereocenters. The number of aryl methyl sites for hydroxylation is 2. The highest BCUT2D eigenvalue weighted by molar-refractivity contribution is 7.14. The summed E-state index contributed by atoms with van der Waals surface area (Å²) < 4.78 is 0. The minimum Gasteiger partial charge on any atom is -0.481 e. The number of rotatable bonds is 3. The van der Waals surface area contributed by atoms with E-state index in [0.717, 1.165) is 17.7 Å². The predicted octanol–water partition coefficient (Wildman–Crippen LogP) is 3.00. The Labute approximate surface area is 128 Å². The normalized spacial score (nSPS) is 25.1. The number of thiophene rings is 1. The van der Waals surface area contributed by atoms with Crippen LogP contribution in [-0.4, -0.2) is 23.0 Å². The van der Waals surface area contributed by atoms with Gasteiger partial charge in [0.25, 0.3) is 5.91 Å². The quantitative estimate of drug-likeness (QED) is 0.902. The first-order valence-corrected chi connectivity index (χ1v) is 8.60. The van der Waals surface area contributed by atoms with Crippen LogP contribution in [0, 0.1) is 5.92 Å². The van der Waals surface area contributed by atoms with Gasteiger partial charge in [0.05, 0.1) is 10.8 Å². The van der Waals surface area contributed by atoms with Gasteiger partial charge in [0, 0.05) is 10.9 Å². The summed E-state index contributed by atoms with van der Waals surface area (Å²) in [6.45, 7) is 0. The van der Waals surface area contributed by atoms with Gasteiger partial charge in [0.2, 0.25) is 0 Å². The molecule has 0 aromatic carbocycles. The molecule has 5 heteroatoms. The minimum atomic E-state index is -0.750. The topological polar surface area (TPSA) is 66.4 Å². The van der Waals surface area contributed by atoms with E-state index in [0.29, 0.717) is 12.8 Å². The summed E-state index contributed by atoms with van der Waals surface area (Å²) in [4.78, 5) is 25.2. The van der Waals surface area contributed by atoms with Gasteiger partial charge >= 0.3 is 5.97 Å². The molecule has 0 saturated heterocycles. The smallest absolute Gasteiger partial charge is 0.306 e. The fraction of sp³-hybridized carbons (Fsp3) is 0.625. The maximum atomic E-state index is 12.3. The van der Waals surface area contributed by atoms with Crippen LogP contribution in [0.4, 0.5) is 0 Å². The Kier molecular flexibility index (Phi) is 4.29. The Morgan fingerprint density at radius 1 is 1.14 bits per heavy atom. The first-order valence-electron chi connectivity index (χ1n) is 7.78. The van der Waals surface area contributed by atoms with E-state index in [1.54, 1.807) is 11.3 Å². The minimum absolute atomic E-state index is 0.0272. The molecule has 2 aliphatic rings. The van der Waals surface area contributed by atoms with E-state index in [1.165, 1.54) is 36.1 Å². The average molecular weight is 307 g/mol. The van der Waals surface area contributed by atoms with E-state index < -0.39 is 5.97 Å². The van der Waals surface area contributed by atoms with Crippen molar-refractivity contribution in [3.63, 3.8) is 0 Å². The molecule has 2 aliphatic carbocycles. The molecule has 3 rings (SSSR count). The van der Waals surface area contributed by atoms with Crippen LogP contribution in [0.1, 0.15) is 58.6 Å². The highest BCUT2D eigenvalue weighted by Crippen LogP contribution is 2.30. The number of amides is 1. The zero-order valence-corrected chi connectivity index (χ0v) is 12.9. The molecule has 2 N–H and O–H groups in total. The third-order valence-electron chi connectivity index (χ3n) is 4.54. The van der Waals surface area contributed by atoms with E-state index in [9.17, 15) is 9.59 Å². The van der Waals surface area contributed by atoms with Gasteiger partial charge in [-0.25, -0.2) is 0 Å². The van der Waals surface area contributed by atoms with Crippen molar-refractivity contribution in [3.05, 3.63) is 21.4 Å². The van der Waals surface area contributed by atoms with Crippen molar-refractivity contribution in [2.45, 2.75) is 57.4 Å².